The zero-order valence-electron chi connectivity index (χ0n) is 11.7. The van der Waals surface area contributed by atoms with Gasteiger partial charge in [-0.1, -0.05) is 19.8 Å². The van der Waals surface area contributed by atoms with E-state index in [1.807, 2.05) is 0 Å². The second-order valence-electron chi connectivity index (χ2n) is 6.75. The molecule has 2 unspecified atom stereocenters. The van der Waals surface area contributed by atoms with Crippen molar-refractivity contribution in [1.82, 2.24) is 10.6 Å². The van der Waals surface area contributed by atoms with Gasteiger partial charge in [-0.25, -0.2) is 0 Å². The molecule has 3 aliphatic rings. The lowest BCUT2D eigenvalue weighted by molar-refractivity contribution is -0.134. The van der Waals surface area contributed by atoms with Gasteiger partial charge in [0.25, 0.3) is 0 Å². The Balaban J connectivity index is 1.60. The number of carbonyl (C=O) groups excluding carboxylic acids is 2. The van der Waals surface area contributed by atoms with Crippen LogP contribution in [0.4, 0.5) is 0 Å². The van der Waals surface area contributed by atoms with Crippen LogP contribution in [0.3, 0.4) is 0 Å². The largest absolute Gasteiger partial charge is 0.354 e. The van der Waals surface area contributed by atoms with Gasteiger partial charge >= 0.3 is 0 Å². The van der Waals surface area contributed by atoms with E-state index in [0.29, 0.717) is 11.8 Å². The van der Waals surface area contributed by atoms with E-state index in [2.05, 4.69) is 17.6 Å². The lowest BCUT2D eigenvalue weighted by atomic mass is 9.95. The van der Waals surface area contributed by atoms with Gasteiger partial charge in [-0.15, -0.1) is 0 Å². The minimum Gasteiger partial charge on any atom is -0.354 e. The van der Waals surface area contributed by atoms with Crippen molar-refractivity contribution in [1.29, 1.82) is 0 Å². The van der Waals surface area contributed by atoms with E-state index in [9.17, 15) is 9.59 Å². The van der Waals surface area contributed by atoms with Crippen LogP contribution in [0.15, 0.2) is 0 Å². The second-order valence-corrected chi connectivity index (χ2v) is 6.75. The molecule has 2 atom stereocenters. The quantitative estimate of drug-likeness (QED) is 0.792. The van der Waals surface area contributed by atoms with E-state index in [-0.39, 0.29) is 17.7 Å². The molecule has 4 nitrogen and oxygen atoms in total. The molecule has 0 aliphatic heterocycles. The van der Waals surface area contributed by atoms with E-state index >= 15 is 0 Å². The van der Waals surface area contributed by atoms with Gasteiger partial charge in [-0.3, -0.25) is 9.59 Å². The SMILES string of the molecule is CC1CC1C(=O)NC1(C(=O)NCC2CC2)CCCC1. The summed E-state index contributed by atoms with van der Waals surface area (Å²) in [7, 11) is 0. The van der Waals surface area contributed by atoms with Gasteiger partial charge in [0.2, 0.25) is 11.8 Å². The van der Waals surface area contributed by atoms with Crippen LogP contribution in [-0.2, 0) is 9.59 Å². The number of nitrogens with one attached hydrogen (secondary N) is 2. The first-order valence-corrected chi connectivity index (χ1v) is 7.71. The van der Waals surface area contributed by atoms with Crippen LogP contribution in [0, 0.1) is 17.8 Å². The van der Waals surface area contributed by atoms with Crippen LogP contribution < -0.4 is 10.6 Å². The molecule has 0 aromatic heterocycles. The van der Waals surface area contributed by atoms with Crippen molar-refractivity contribution in [3.8, 4) is 0 Å². The number of hydrogen-bond donors (Lipinski definition) is 2. The average molecular weight is 264 g/mol. The maximum absolute atomic E-state index is 12.4. The highest BCUT2D eigenvalue weighted by Gasteiger charge is 2.47. The molecule has 3 rings (SSSR count). The number of amides is 2. The first kappa shape index (κ1) is 12.9. The van der Waals surface area contributed by atoms with Gasteiger partial charge in [0.1, 0.15) is 5.54 Å². The molecule has 2 amide bonds. The third kappa shape index (κ3) is 2.77. The molecule has 0 saturated heterocycles. The van der Waals surface area contributed by atoms with Gasteiger partial charge in [0, 0.05) is 12.5 Å². The van der Waals surface area contributed by atoms with E-state index < -0.39 is 5.54 Å². The maximum Gasteiger partial charge on any atom is 0.245 e. The predicted octanol–water partition coefficient (Wildman–Crippen LogP) is 1.60. The lowest BCUT2D eigenvalue weighted by Crippen LogP contribution is -2.57. The summed E-state index contributed by atoms with van der Waals surface area (Å²) < 4.78 is 0. The third-order valence-corrected chi connectivity index (χ3v) is 4.95. The summed E-state index contributed by atoms with van der Waals surface area (Å²) in [4.78, 5) is 24.6. The summed E-state index contributed by atoms with van der Waals surface area (Å²) in [5.41, 5.74) is -0.603. The molecular formula is C15H24N2O2. The number of rotatable bonds is 5. The van der Waals surface area contributed by atoms with Crippen molar-refractivity contribution in [2.45, 2.75) is 57.4 Å². The third-order valence-electron chi connectivity index (χ3n) is 4.95. The fourth-order valence-electron chi connectivity index (χ4n) is 3.13. The highest BCUT2D eigenvalue weighted by molar-refractivity contribution is 5.93. The zero-order valence-corrected chi connectivity index (χ0v) is 11.7. The molecule has 4 heteroatoms. The van der Waals surface area contributed by atoms with Crippen LogP contribution in [0.5, 0.6) is 0 Å². The summed E-state index contributed by atoms with van der Waals surface area (Å²) in [6.45, 7) is 2.88. The Hall–Kier alpha value is -1.06. The summed E-state index contributed by atoms with van der Waals surface area (Å²) in [5, 5.41) is 6.13. The molecule has 2 N–H and O–H groups in total. The molecule has 0 spiro atoms. The topological polar surface area (TPSA) is 58.2 Å². The molecular weight excluding hydrogens is 240 g/mol. The molecule has 3 saturated carbocycles. The highest BCUT2D eigenvalue weighted by Crippen LogP contribution is 2.39. The number of carbonyl (C=O) groups is 2. The van der Waals surface area contributed by atoms with Gasteiger partial charge < -0.3 is 10.6 Å². The Morgan fingerprint density at radius 1 is 1.21 bits per heavy atom. The van der Waals surface area contributed by atoms with Crippen LogP contribution in [-0.4, -0.2) is 23.9 Å². The van der Waals surface area contributed by atoms with Crippen molar-refractivity contribution >= 4 is 11.8 Å². The Bertz CT molecular complexity index is 384. The van der Waals surface area contributed by atoms with Gasteiger partial charge in [0.15, 0.2) is 0 Å². The zero-order chi connectivity index (χ0) is 13.5. The van der Waals surface area contributed by atoms with Gasteiger partial charge in [-0.2, -0.15) is 0 Å². The molecule has 106 valence electrons. The molecule has 3 aliphatic carbocycles. The summed E-state index contributed by atoms with van der Waals surface area (Å²) in [6, 6.07) is 0. The highest BCUT2D eigenvalue weighted by atomic mass is 16.2. The predicted molar refractivity (Wildman–Crippen MR) is 72.3 cm³/mol. The fraction of sp³-hybridized carbons (Fsp3) is 0.867. The molecule has 0 radical (unpaired) electrons. The Kier molecular flexibility index (Phi) is 3.27. The molecule has 3 fully saturated rings. The summed E-state index contributed by atoms with van der Waals surface area (Å²) >= 11 is 0. The van der Waals surface area contributed by atoms with Crippen molar-refractivity contribution in [2.75, 3.05) is 6.54 Å². The van der Waals surface area contributed by atoms with E-state index in [1.165, 1.54) is 12.8 Å². The van der Waals surface area contributed by atoms with E-state index in [0.717, 1.165) is 38.6 Å². The van der Waals surface area contributed by atoms with Crippen molar-refractivity contribution in [2.24, 2.45) is 17.8 Å². The molecule has 0 heterocycles. The van der Waals surface area contributed by atoms with Gasteiger partial charge in [-0.05, 0) is 43.9 Å². The van der Waals surface area contributed by atoms with E-state index in [4.69, 9.17) is 0 Å². The van der Waals surface area contributed by atoms with Crippen molar-refractivity contribution < 1.29 is 9.59 Å². The second kappa shape index (κ2) is 4.80. The van der Waals surface area contributed by atoms with Crippen molar-refractivity contribution in [3.63, 3.8) is 0 Å². The van der Waals surface area contributed by atoms with Crippen molar-refractivity contribution in [3.05, 3.63) is 0 Å². The minimum absolute atomic E-state index is 0.0542. The smallest absolute Gasteiger partial charge is 0.245 e. The molecule has 0 aromatic carbocycles. The first-order chi connectivity index (χ1) is 9.11. The van der Waals surface area contributed by atoms with Crippen LogP contribution >= 0.6 is 0 Å². The van der Waals surface area contributed by atoms with Gasteiger partial charge in [0.05, 0.1) is 0 Å². The van der Waals surface area contributed by atoms with Crippen LogP contribution in [0.1, 0.15) is 51.9 Å². The lowest BCUT2D eigenvalue weighted by Gasteiger charge is -2.29. The minimum atomic E-state index is -0.603. The van der Waals surface area contributed by atoms with E-state index in [1.54, 1.807) is 0 Å². The first-order valence-electron chi connectivity index (χ1n) is 7.71. The summed E-state index contributed by atoms with van der Waals surface area (Å²) in [5.74, 6) is 1.47. The average Bonchev–Trinajstić information content (AvgIpc) is 3.29. The molecule has 19 heavy (non-hydrogen) atoms. The molecule has 0 aromatic rings. The molecule has 0 bridgehead atoms. The van der Waals surface area contributed by atoms with Crippen LogP contribution in [0.2, 0.25) is 0 Å². The monoisotopic (exact) mass is 264 g/mol. The normalized spacial score (nSPS) is 31.8. The Morgan fingerprint density at radius 3 is 2.37 bits per heavy atom. The summed E-state index contributed by atoms with van der Waals surface area (Å²) in [6.07, 6.45) is 7.13. The number of hydrogen-bond acceptors (Lipinski definition) is 2. The Morgan fingerprint density at radius 2 is 1.84 bits per heavy atom. The maximum atomic E-state index is 12.4. The Labute approximate surface area is 114 Å². The standard InChI is InChI=1S/C15H24N2O2/c1-10-8-12(10)13(18)17-15(6-2-3-7-15)14(19)16-9-11-4-5-11/h10-12H,2-9H2,1H3,(H,16,19)(H,17,18). The fourth-order valence-corrected chi connectivity index (χ4v) is 3.13. The van der Waals surface area contributed by atoms with Crippen LogP contribution in [0.25, 0.3) is 0 Å².